The van der Waals surface area contributed by atoms with Gasteiger partial charge in [-0.15, -0.1) is 0 Å². The summed E-state index contributed by atoms with van der Waals surface area (Å²) in [6.07, 6.45) is 0.960. The molecule has 21 heavy (non-hydrogen) atoms. The average molecular weight is 287 g/mol. The van der Waals surface area contributed by atoms with Gasteiger partial charge in [0.1, 0.15) is 5.76 Å². The summed E-state index contributed by atoms with van der Waals surface area (Å²) >= 11 is 0. The van der Waals surface area contributed by atoms with Gasteiger partial charge in [-0.05, 0) is 50.1 Å². The minimum absolute atomic E-state index is 0.0485. The molecule has 0 aliphatic carbocycles. The Labute approximate surface area is 125 Å². The molecule has 0 bridgehead atoms. The standard InChI is InChI=1S/C17H21NO3/c1-12-6-4-5-7-14(12)10-11-18-13(2)15-8-9-16(21-15)17(19)20-3/h4-9,13,18H,10-11H2,1-3H3. The summed E-state index contributed by atoms with van der Waals surface area (Å²) in [5.41, 5.74) is 2.64. The maximum Gasteiger partial charge on any atom is 0.373 e. The van der Waals surface area contributed by atoms with Gasteiger partial charge < -0.3 is 14.5 Å². The predicted octanol–water partition coefficient (Wildman–Crippen LogP) is 3.27. The van der Waals surface area contributed by atoms with Crippen molar-refractivity contribution in [1.29, 1.82) is 0 Å². The van der Waals surface area contributed by atoms with Crippen LogP contribution in [0.4, 0.5) is 0 Å². The fourth-order valence-electron chi connectivity index (χ4n) is 2.21. The quantitative estimate of drug-likeness (QED) is 0.828. The molecule has 0 aliphatic heterocycles. The molecule has 1 aromatic heterocycles. The second kappa shape index (κ2) is 7.09. The molecule has 0 saturated carbocycles. The smallest absolute Gasteiger partial charge is 0.373 e. The molecule has 1 heterocycles. The third-order valence-corrected chi connectivity index (χ3v) is 3.55. The summed E-state index contributed by atoms with van der Waals surface area (Å²) in [4.78, 5) is 11.3. The SMILES string of the molecule is COC(=O)c1ccc(C(C)NCCc2ccccc2C)o1. The van der Waals surface area contributed by atoms with Gasteiger partial charge in [-0.25, -0.2) is 4.79 Å². The zero-order valence-electron chi connectivity index (χ0n) is 12.7. The molecule has 0 saturated heterocycles. The second-order valence-corrected chi connectivity index (χ2v) is 5.05. The summed E-state index contributed by atoms with van der Waals surface area (Å²) in [7, 11) is 1.34. The van der Waals surface area contributed by atoms with Crippen LogP contribution in [0, 0.1) is 6.92 Å². The number of rotatable bonds is 6. The number of methoxy groups -OCH3 is 1. The molecule has 2 rings (SSSR count). The van der Waals surface area contributed by atoms with Gasteiger partial charge in [-0.1, -0.05) is 24.3 Å². The first kappa shape index (κ1) is 15.3. The molecule has 0 radical (unpaired) electrons. The van der Waals surface area contributed by atoms with Crippen LogP contribution in [-0.2, 0) is 11.2 Å². The van der Waals surface area contributed by atoms with Crippen molar-refractivity contribution in [2.45, 2.75) is 26.3 Å². The highest BCUT2D eigenvalue weighted by Gasteiger charge is 2.14. The fraction of sp³-hybridized carbons (Fsp3) is 0.353. The highest BCUT2D eigenvalue weighted by atomic mass is 16.5. The van der Waals surface area contributed by atoms with Crippen molar-refractivity contribution in [3.63, 3.8) is 0 Å². The summed E-state index contributed by atoms with van der Waals surface area (Å²) < 4.78 is 10.1. The Morgan fingerprint density at radius 1 is 1.29 bits per heavy atom. The maximum atomic E-state index is 11.3. The van der Waals surface area contributed by atoms with Gasteiger partial charge in [-0.2, -0.15) is 0 Å². The topological polar surface area (TPSA) is 51.5 Å². The number of ether oxygens (including phenoxy) is 1. The van der Waals surface area contributed by atoms with E-state index in [4.69, 9.17) is 4.42 Å². The molecule has 0 aliphatic rings. The van der Waals surface area contributed by atoms with Crippen LogP contribution in [0.3, 0.4) is 0 Å². The monoisotopic (exact) mass is 287 g/mol. The fourth-order valence-corrected chi connectivity index (χ4v) is 2.21. The van der Waals surface area contributed by atoms with E-state index in [0.29, 0.717) is 0 Å². The molecule has 2 aromatic rings. The Hall–Kier alpha value is -2.07. The second-order valence-electron chi connectivity index (χ2n) is 5.05. The zero-order chi connectivity index (χ0) is 15.2. The number of hydrogen-bond acceptors (Lipinski definition) is 4. The number of carbonyl (C=O) groups excluding carboxylic acids is 1. The van der Waals surface area contributed by atoms with Gasteiger partial charge >= 0.3 is 5.97 Å². The largest absolute Gasteiger partial charge is 0.463 e. The van der Waals surface area contributed by atoms with Crippen molar-refractivity contribution < 1.29 is 13.9 Å². The lowest BCUT2D eigenvalue weighted by atomic mass is 10.1. The number of aryl methyl sites for hydroxylation is 1. The molecular formula is C17H21NO3. The normalized spacial score (nSPS) is 12.1. The van der Waals surface area contributed by atoms with Crippen LogP contribution >= 0.6 is 0 Å². The van der Waals surface area contributed by atoms with Gasteiger partial charge in [0.15, 0.2) is 0 Å². The Morgan fingerprint density at radius 2 is 2.05 bits per heavy atom. The highest BCUT2D eigenvalue weighted by Crippen LogP contribution is 2.17. The van der Waals surface area contributed by atoms with Crippen LogP contribution in [0.1, 0.15) is 40.4 Å². The van der Waals surface area contributed by atoms with E-state index >= 15 is 0 Å². The molecule has 4 nitrogen and oxygen atoms in total. The summed E-state index contributed by atoms with van der Waals surface area (Å²) in [6, 6.07) is 11.9. The molecule has 0 spiro atoms. The average Bonchev–Trinajstić information content (AvgIpc) is 2.98. The first-order valence-electron chi connectivity index (χ1n) is 7.07. The molecule has 112 valence electrons. The number of furan rings is 1. The third kappa shape index (κ3) is 3.95. The summed E-state index contributed by atoms with van der Waals surface area (Å²) in [5.74, 6) is 0.522. The van der Waals surface area contributed by atoms with Crippen molar-refractivity contribution in [2.24, 2.45) is 0 Å². The van der Waals surface area contributed by atoms with Gasteiger partial charge in [-0.3, -0.25) is 0 Å². The zero-order valence-corrected chi connectivity index (χ0v) is 12.7. The highest BCUT2D eigenvalue weighted by molar-refractivity contribution is 5.86. The van der Waals surface area contributed by atoms with E-state index in [1.807, 2.05) is 13.0 Å². The van der Waals surface area contributed by atoms with Gasteiger partial charge in [0.25, 0.3) is 0 Å². The Kier molecular flexibility index (Phi) is 5.17. The number of esters is 1. The number of benzene rings is 1. The summed E-state index contributed by atoms with van der Waals surface area (Å²) in [6.45, 7) is 4.98. The minimum Gasteiger partial charge on any atom is -0.463 e. The Morgan fingerprint density at radius 3 is 2.76 bits per heavy atom. The lowest BCUT2D eigenvalue weighted by Gasteiger charge is -2.12. The number of nitrogens with one attached hydrogen (secondary N) is 1. The van der Waals surface area contributed by atoms with E-state index in [1.54, 1.807) is 12.1 Å². The van der Waals surface area contributed by atoms with Crippen LogP contribution in [-0.4, -0.2) is 19.6 Å². The van der Waals surface area contributed by atoms with Gasteiger partial charge in [0.05, 0.1) is 13.2 Å². The molecule has 1 atom stereocenters. The van der Waals surface area contributed by atoms with Crippen molar-refractivity contribution in [1.82, 2.24) is 5.32 Å². The first-order valence-corrected chi connectivity index (χ1v) is 7.07. The molecule has 1 unspecified atom stereocenters. The molecule has 0 amide bonds. The van der Waals surface area contributed by atoms with E-state index in [2.05, 4.69) is 35.2 Å². The van der Waals surface area contributed by atoms with E-state index in [0.717, 1.165) is 18.7 Å². The Balaban J connectivity index is 1.87. The Bertz CT molecular complexity index is 604. The minimum atomic E-state index is -0.451. The van der Waals surface area contributed by atoms with Crippen molar-refractivity contribution >= 4 is 5.97 Å². The van der Waals surface area contributed by atoms with Crippen LogP contribution in [0.15, 0.2) is 40.8 Å². The van der Waals surface area contributed by atoms with Crippen molar-refractivity contribution in [3.8, 4) is 0 Å². The van der Waals surface area contributed by atoms with E-state index in [9.17, 15) is 4.79 Å². The van der Waals surface area contributed by atoms with Gasteiger partial charge in [0, 0.05) is 0 Å². The lowest BCUT2D eigenvalue weighted by molar-refractivity contribution is 0.0562. The first-order chi connectivity index (χ1) is 10.1. The maximum absolute atomic E-state index is 11.3. The molecular weight excluding hydrogens is 266 g/mol. The van der Waals surface area contributed by atoms with E-state index < -0.39 is 5.97 Å². The van der Waals surface area contributed by atoms with E-state index in [1.165, 1.54) is 18.2 Å². The molecule has 4 heteroatoms. The van der Waals surface area contributed by atoms with Crippen molar-refractivity contribution in [2.75, 3.05) is 13.7 Å². The van der Waals surface area contributed by atoms with Crippen LogP contribution in [0.2, 0.25) is 0 Å². The summed E-state index contributed by atoms with van der Waals surface area (Å²) in [5, 5.41) is 3.40. The van der Waals surface area contributed by atoms with Gasteiger partial charge in [0.2, 0.25) is 5.76 Å². The van der Waals surface area contributed by atoms with Crippen molar-refractivity contribution in [3.05, 3.63) is 59.0 Å². The molecule has 1 aromatic carbocycles. The van der Waals surface area contributed by atoms with Crippen LogP contribution in [0.25, 0.3) is 0 Å². The number of hydrogen-bond donors (Lipinski definition) is 1. The molecule has 0 fully saturated rings. The third-order valence-electron chi connectivity index (χ3n) is 3.55. The van der Waals surface area contributed by atoms with E-state index in [-0.39, 0.29) is 11.8 Å². The number of carbonyl (C=O) groups is 1. The predicted molar refractivity (Wildman–Crippen MR) is 81.3 cm³/mol. The van der Waals surface area contributed by atoms with Crippen LogP contribution < -0.4 is 5.32 Å². The molecule has 1 N–H and O–H groups in total. The van der Waals surface area contributed by atoms with Crippen LogP contribution in [0.5, 0.6) is 0 Å². The lowest BCUT2D eigenvalue weighted by Crippen LogP contribution is -2.21.